The van der Waals surface area contributed by atoms with Crippen LogP contribution in [-0.2, 0) is 4.79 Å². The summed E-state index contributed by atoms with van der Waals surface area (Å²) in [7, 11) is 0. The standard InChI is InChI=1S/C17H17N3O3/c21-16(19-13-6-4-10-18-12-13)15-9-5-11-20(15)17(22)23-14-7-2-1-3-8-14/h1-4,6-8,10,12,15H,5,9,11H2,(H,19,21)/t15-/m1/s1. The topological polar surface area (TPSA) is 71.5 Å². The highest BCUT2D eigenvalue weighted by atomic mass is 16.6. The SMILES string of the molecule is O=C(Nc1cccnc1)[C@H]1CCCN1C(=O)Oc1ccccc1. The van der Waals surface area contributed by atoms with Crippen molar-refractivity contribution in [2.75, 3.05) is 11.9 Å². The summed E-state index contributed by atoms with van der Waals surface area (Å²) in [5, 5.41) is 2.78. The van der Waals surface area contributed by atoms with Crippen LogP contribution < -0.4 is 10.1 Å². The Morgan fingerprint density at radius 2 is 2.00 bits per heavy atom. The third kappa shape index (κ3) is 3.66. The zero-order chi connectivity index (χ0) is 16.1. The van der Waals surface area contributed by atoms with E-state index in [1.54, 1.807) is 48.8 Å². The minimum atomic E-state index is -0.522. The molecule has 1 fully saturated rings. The van der Waals surface area contributed by atoms with Gasteiger partial charge in [-0.1, -0.05) is 18.2 Å². The zero-order valence-electron chi connectivity index (χ0n) is 12.5. The zero-order valence-corrected chi connectivity index (χ0v) is 12.5. The fourth-order valence-electron chi connectivity index (χ4n) is 2.57. The number of rotatable bonds is 3. The number of hydrogen-bond acceptors (Lipinski definition) is 4. The van der Waals surface area contributed by atoms with Gasteiger partial charge in [-0.05, 0) is 37.1 Å². The number of para-hydroxylation sites is 1. The molecule has 1 aliphatic heterocycles. The van der Waals surface area contributed by atoms with E-state index in [0.29, 0.717) is 24.4 Å². The van der Waals surface area contributed by atoms with E-state index in [1.165, 1.54) is 4.90 Å². The van der Waals surface area contributed by atoms with Gasteiger partial charge < -0.3 is 10.1 Å². The van der Waals surface area contributed by atoms with E-state index in [0.717, 1.165) is 6.42 Å². The summed E-state index contributed by atoms with van der Waals surface area (Å²) >= 11 is 0. The summed E-state index contributed by atoms with van der Waals surface area (Å²) in [6.07, 6.45) is 4.10. The molecule has 23 heavy (non-hydrogen) atoms. The quantitative estimate of drug-likeness (QED) is 0.946. The predicted octanol–water partition coefficient (Wildman–Crippen LogP) is 2.68. The summed E-state index contributed by atoms with van der Waals surface area (Å²) < 4.78 is 5.32. The second kappa shape index (κ2) is 6.91. The van der Waals surface area contributed by atoms with Gasteiger partial charge in [0.2, 0.25) is 5.91 Å². The Morgan fingerprint density at radius 3 is 2.74 bits per heavy atom. The Morgan fingerprint density at radius 1 is 1.17 bits per heavy atom. The van der Waals surface area contributed by atoms with Crippen LogP contribution >= 0.6 is 0 Å². The molecule has 0 radical (unpaired) electrons. The highest BCUT2D eigenvalue weighted by molar-refractivity contribution is 5.96. The highest BCUT2D eigenvalue weighted by Gasteiger charge is 2.35. The predicted molar refractivity (Wildman–Crippen MR) is 85.1 cm³/mol. The van der Waals surface area contributed by atoms with E-state index in [4.69, 9.17) is 4.74 Å². The summed E-state index contributed by atoms with van der Waals surface area (Å²) in [4.78, 5) is 30.1. The molecule has 1 aromatic heterocycles. The van der Waals surface area contributed by atoms with Gasteiger partial charge in [-0.15, -0.1) is 0 Å². The first-order valence-corrected chi connectivity index (χ1v) is 7.48. The summed E-state index contributed by atoms with van der Waals surface area (Å²) in [6.45, 7) is 0.511. The minimum Gasteiger partial charge on any atom is -0.410 e. The molecule has 1 atom stereocenters. The van der Waals surface area contributed by atoms with Gasteiger partial charge in [-0.25, -0.2) is 4.79 Å². The van der Waals surface area contributed by atoms with Gasteiger partial charge in [-0.2, -0.15) is 0 Å². The van der Waals surface area contributed by atoms with Gasteiger partial charge in [0.05, 0.1) is 11.9 Å². The van der Waals surface area contributed by atoms with Crippen LogP contribution in [0.5, 0.6) is 5.75 Å². The molecule has 1 N–H and O–H groups in total. The fourth-order valence-corrected chi connectivity index (χ4v) is 2.57. The van der Waals surface area contributed by atoms with Crippen molar-refractivity contribution in [3.8, 4) is 5.75 Å². The molecule has 6 heteroatoms. The lowest BCUT2D eigenvalue weighted by Crippen LogP contribution is -2.44. The second-order valence-electron chi connectivity index (χ2n) is 5.26. The van der Waals surface area contributed by atoms with Crippen molar-refractivity contribution in [1.82, 2.24) is 9.88 Å². The molecule has 0 unspecified atom stereocenters. The van der Waals surface area contributed by atoms with Gasteiger partial charge in [0.1, 0.15) is 11.8 Å². The lowest BCUT2D eigenvalue weighted by atomic mass is 10.2. The molecule has 1 saturated heterocycles. The van der Waals surface area contributed by atoms with Crippen LogP contribution in [0, 0.1) is 0 Å². The van der Waals surface area contributed by atoms with Gasteiger partial charge in [0.15, 0.2) is 0 Å². The van der Waals surface area contributed by atoms with E-state index in [-0.39, 0.29) is 5.91 Å². The number of benzene rings is 1. The van der Waals surface area contributed by atoms with Crippen LogP contribution in [0.15, 0.2) is 54.9 Å². The van der Waals surface area contributed by atoms with E-state index in [2.05, 4.69) is 10.3 Å². The van der Waals surface area contributed by atoms with Crippen LogP contribution in [0.1, 0.15) is 12.8 Å². The van der Waals surface area contributed by atoms with Crippen LogP contribution in [0.2, 0.25) is 0 Å². The molecule has 6 nitrogen and oxygen atoms in total. The maximum atomic E-state index is 12.4. The molecule has 1 aliphatic rings. The Balaban J connectivity index is 1.65. The molecule has 3 rings (SSSR count). The Kier molecular flexibility index (Phi) is 4.52. The number of ether oxygens (including phenoxy) is 1. The average molecular weight is 311 g/mol. The Hall–Kier alpha value is -2.89. The number of nitrogens with zero attached hydrogens (tertiary/aromatic N) is 2. The molecular weight excluding hydrogens is 294 g/mol. The molecule has 2 aromatic rings. The first-order chi connectivity index (χ1) is 11.2. The molecule has 0 spiro atoms. The van der Waals surface area contributed by atoms with E-state index >= 15 is 0 Å². The largest absolute Gasteiger partial charge is 0.415 e. The lowest BCUT2D eigenvalue weighted by Gasteiger charge is -2.23. The van der Waals surface area contributed by atoms with Crippen molar-refractivity contribution in [3.63, 3.8) is 0 Å². The van der Waals surface area contributed by atoms with Gasteiger partial charge in [-0.3, -0.25) is 14.7 Å². The number of pyridine rings is 1. The second-order valence-corrected chi connectivity index (χ2v) is 5.26. The van der Waals surface area contributed by atoms with Crippen LogP contribution in [0.25, 0.3) is 0 Å². The van der Waals surface area contributed by atoms with Crippen molar-refractivity contribution in [1.29, 1.82) is 0 Å². The number of carbonyl (C=O) groups excluding carboxylic acids is 2. The Bertz CT molecular complexity index is 616. The molecular formula is C17H17N3O3. The van der Waals surface area contributed by atoms with Crippen LogP contribution in [-0.4, -0.2) is 34.5 Å². The van der Waals surface area contributed by atoms with Gasteiger partial charge in [0.25, 0.3) is 0 Å². The molecule has 118 valence electrons. The van der Waals surface area contributed by atoms with E-state index < -0.39 is 12.1 Å². The summed E-state index contributed by atoms with van der Waals surface area (Å²) in [5.74, 6) is 0.247. The number of aromatic nitrogens is 1. The molecule has 2 heterocycles. The minimum absolute atomic E-state index is 0.222. The fraction of sp³-hybridized carbons (Fsp3) is 0.235. The van der Waals surface area contributed by atoms with Crippen LogP contribution in [0.3, 0.4) is 0 Å². The van der Waals surface area contributed by atoms with Crippen molar-refractivity contribution >= 4 is 17.7 Å². The average Bonchev–Trinajstić information content (AvgIpc) is 3.06. The van der Waals surface area contributed by atoms with Crippen molar-refractivity contribution in [2.24, 2.45) is 0 Å². The molecule has 0 aliphatic carbocycles. The third-order valence-electron chi connectivity index (χ3n) is 3.67. The first-order valence-electron chi connectivity index (χ1n) is 7.48. The van der Waals surface area contributed by atoms with E-state index in [1.807, 2.05) is 6.07 Å². The monoisotopic (exact) mass is 311 g/mol. The number of hydrogen-bond donors (Lipinski definition) is 1. The van der Waals surface area contributed by atoms with E-state index in [9.17, 15) is 9.59 Å². The Labute approximate surface area is 134 Å². The number of anilines is 1. The molecule has 1 aromatic carbocycles. The number of carbonyl (C=O) groups is 2. The van der Waals surface area contributed by atoms with Gasteiger partial charge in [0, 0.05) is 12.7 Å². The van der Waals surface area contributed by atoms with Crippen molar-refractivity contribution < 1.29 is 14.3 Å². The number of likely N-dealkylation sites (tertiary alicyclic amines) is 1. The summed E-state index contributed by atoms with van der Waals surface area (Å²) in [6, 6.07) is 11.8. The highest BCUT2D eigenvalue weighted by Crippen LogP contribution is 2.21. The lowest BCUT2D eigenvalue weighted by molar-refractivity contribution is -0.119. The number of amides is 2. The molecule has 0 saturated carbocycles. The third-order valence-corrected chi connectivity index (χ3v) is 3.67. The van der Waals surface area contributed by atoms with Crippen LogP contribution in [0.4, 0.5) is 10.5 Å². The maximum absolute atomic E-state index is 12.4. The molecule has 2 amide bonds. The summed E-state index contributed by atoms with van der Waals surface area (Å²) in [5.41, 5.74) is 0.612. The molecule has 0 bridgehead atoms. The first kappa shape index (κ1) is 15.0. The number of nitrogens with one attached hydrogen (secondary N) is 1. The van der Waals surface area contributed by atoms with Gasteiger partial charge >= 0.3 is 6.09 Å². The smallest absolute Gasteiger partial charge is 0.410 e. The van der Waals surface area contributed by atoms with Crippen molar-refractivity contribution in [3.05, 3.63) is 54.9 Å². The maximum Gasteiger partial charge on any atom is 0.415 e. The van der Waals surface area contributed by atoms with Crippen molar-refractivity contribution in [2.45, 2.75) is 18.9 Å². The normalized spacial score (nSPS) is 16.9.